The molecule has 5 nitrogen and oxygen atoms in total. The quantitative estimate of drug-likeness (QED) is 0.864. The Kier molecular flexibility index (Phi) is 4.30. The van der Waals surface area contributed by atoms with Gasteiger partial charge < -0.3 is 10.1 Å². The van der Waals surface area contributed by atoms with Crippen molar-refractivity contribution in [3.8, 4) is 0 Å². The van der Waals surface area contributed by atoms with Gasteiger partial charge in [-0.15, -0.1) is 0 Å². The minimum Gasteiger partial charge on any atom is -0.378 e. The highest BCUT2D eigenvalue weighted by molar-refractivity contribution is 5.58. The Bertz CT molecular complexity index is 608. The van der Waals surface area contributed by atoms with Crippen molar-refractivity contribution in [2.45, 2.75) is 20.0 Å². The van der Waals surface area contributed by atoms with Gasteiger partial charge in [0.25, 0.3) is 5.56 Å². The molecule has 19 heavy (non-hydrogen) atoms. The average molecular weight is 259 g/mol. The van der Waals surface area contributed by atoms with Crippen LogP contribution in [0.25, 0.3) is 0 Å². The monoisotopic (exact) mass is 259 g/mol. The van der Waals surface area contributed by atoms with Crippen molar-refractivity contribution in [3.63, 3.8) is 0 Å². The van der Waals surface area contributed by atoms with Gasteiger partial charge in [-0.3, -0.25) is 9.78 Å². The second kappa shape index (κ2) is 6.15. The molecule has 0 radical (unpaired) electrons. The van der Waals surface area contributed by atoms with E-state index < -0.39 is 0 Å². The third-order valence-electron chi connectivity index (χ3n) is 2.74. The topological polar surface area (TPSA) is 67.0 Å². The molecule has 0 aliphatic rings. The molecule has 1 heterocycles. The van der Waals surface area contributed by atoms with Crippen LogP contribution in [0, 0.1) is 0 Å². The predicted molar refractivity (Wildman–Crippen MR) is 74.7 cm³/mol. The van der Waals surface area contributed by atoms with E-state index in [0.29, 0.717) is 18.2 Å². The van der Waals surface area contributed by atoms with E-state index in [1.807, 2.05) is 24.3 Å². The third-order valence-corrected chi connectivity index (χ3v) is 2.74. The van der Waals surface area contributed by atoms with Crippen molar-refractivity contribution in [1.29, 1.82) is 0 Å². The third kappa shape index (κ3) is 3.42. The highest BCUT2D eigenvalue weighted by atomic mass is 16.5. The van der Waals surface area contributed by atoms with E-state index in [-0.39, 0.29) is 5.56 Å². The summed E-state index contributed by atoms with van der Waals surface area (Å²) < 4.78 is 4.99. The van der Waals surface area contributed by atoms with Crippen LogP contribution < -0.4 is 10.9 Å². The summed E-state index contributed by atoms with van der Waals surface area (Å²) in [6.45, 7) is 2.39. The van der Waals surface area contributed by atoms with E-state index in [9.17, 15) is 4.79 Å². The zero-order chi connectivity index (χ0) is 13.7. The van der Waals surface area contributed by atoms with Gasteiger partial charge in [0.05, 0.1) is 12.3 Å². The largest absolute Gasteiger partial charge is 0.378 e. The van der Waals surface area contributed by atoms with Gasteiger partial charge in [-0.25, -0.2) is 4.98 Å². The smallest absolute Gasteiger partial charge is 0.252 e. The van der Waals surface area contributed by atoms with Crippen molar-refractivity contribution in [2.24, 2.45) is 0 Å². The summed E-state index contributed by atoms with van der Waals surface area (Å²) in [5.41, 5.74) is 2.52. The Hall–Kier alpha value is -2.14. The minimum atomic E-state index is -0.196. The van der Waals surface area contributed by atoms with E-state index in [1.54, 1.807) is 7.11 Å². The molecule has 0 amide bonds. The van der Waals surface area contributed by atoms with E-state index in [2.05, 4.69) is 22.2 Å². The fraction of sp³-hybridized carbons (Fsp3) is 0.286. The fourth-order valence-electron chi connectivity index (χ4n) is 1.87. The number of aromatic nitrogens is 2. The van der Waals surface area contributed by atoms with Crippen molar-refractivity contribution in [2.75, 3.05) is 12.4 Å². The van der Waals surface area contributed by atoms with Gasteiger partial charge >= 0.3 is 0 Å². The summed E-state index contributed by atoms with van der Waals surface area (Å²) in [6.07, 6.45) is 0.908. The fourth-order valence-corrected chi connectivity index (χ4v) is 1.87. The first-order valence-corrected chi connectivity index (χ1v) is 6.17. The Balaban J connectivity index is 2.30. The maximum absolute atomic E-state index is 11.5. The summed E-state index contributed by atoms with van der Waals surface area (Å²) in [5.74, 6) is 0.431. The Labute approximate surface area is 111 Å². The van der Waals surface area contributed by atoms with Crippen molar-refractivity contribution < 1.29 is 4.74 Å². The molecule has 2 aromatic rings. The first kappa shape index (κ1) is 13.3. The highest BCUT2D eigenvalue weighted by Crippen LogP contribution is 2.18. The molecule has 0 atom stereocenters. The number of aryl methyl sites for hydroxylation is 1. The van der Waals surface area contributed by atoms with Gasteiger partial charge in [0, 0.05) is 18.9 Å². The van der Waals surface area contributed by atoms with Crippen molar-refractivity contribution in [1.82, 2.24) is 9.97 Å². The van der Waals surface area contributed by atoms with Crippen LogP contribution >= 0.6 is 0 Å². The number of ether oxygens (including phenoxy) is 1. The predicted octanol–water partition coefficient (Wildman–Crippen LogP) is 2.22. The summed E-state index contributed by atoms with van der Waals surface area (Å²) in [6, 6.07) is 9.36. The number of para-hydroxylation sites is 1. The Morgan fingerprint density at radius 3 is 2.89 bits per heavy atom. The standard InChI is InChI=1S/C14H17N3O2/c1-3-10-6-4-5-7-12(10)16-14-15-11(9-19-2)8-13(18)17-14/h4-8H,3,9H2,1-2H3,(H2,15,16,17,18). The molecule has 5 heteroatoms. The molecule has 0 spiro atoms. The molecule has 0 saturated carbocycles. The lowest BCUT2D eigenvalue weighted by Gasteiger charge is -2.10. The molecule has 0 saturated heterocycles. The van der Waals surface area contributed by atoms with Gasteiger partial charge in [0.2, 0.25) is 5.95 Å². The maximum atomic E-state index is 11.5. The minimum absolute atomic E-state index is 0.196. The van der Waals surface area contributed by atoms with Crippen LogP contribution in [0.4, 0.5) is 11.6 Å². The molecule has 0 aliphatic heterocycles. The highest BCUT2D eigenvalue weighted by Gasteiger charge is 2.04. The van der Waals surface area contributed by atoms with Crippen LogP contribution in [0.3, 0.4) is 0 Å². The zero-order valence-electron chi connectivity index (χ0n) is 11.1. The zero-order valence-corrected chi connectivity index (χ0v) is 11.1. The molecular formula is C14H17N3O2. The maximum Gasteiger partial charge on any atom is 0.252 e. The van der Waals surface area contributed by atoms with E-state index in [0.717, 1.165) is 12.1 Å². The SMILES string of the molecule is CCc1ccccc1Nc1nc(COC)cc(=O)[nH]1. The number of nitrogens with zero attached hydrogens (tertiary/aromatic N) is 1. The normalized spacial score (nSPS) is 10.4. The molecule has 2 N–H and O–H groups in total. The first-order chi connectivity index (χ1) is 9.22. The first-order valence-electron chi connectivity index (χ1n) is 6.17. The van der Waals surface area contributed by atoms with Gasteiger partial charge in [0.1, 0.15) is 0 Å². The van der Waals surface area contributed by atoms with Crippen LogP contribution in [0.5, 0.6) is 0 Å². The van der Waals surface area contributed by atoms with E-state index >= 15 is 0 Å². The number of rotatable bonds is 5. The van der Waals surface area contributed by atoms with E-state index in [4.69, 9.17) is 4.74 Å². The lowest BCUT2D eigenvalue weighted by atomic mass is 10.1. The molecule has 0 unspecified atom stereocenters. The van der Waals surface area contributed by atoms with Gasteiger partial charge in [-0.2, -0.15) is 0 Å². The Morgan fingerprint density at radius 2 is 2.16 bits per heavy atom. The second-order valence-corrected chi connectivity index (χ2v) is 4.15. The summed E-state index contributed by atoms with van der Waals surface area (Å²) in [4.78, 5) is 18.5. The van der Waals surface area contributed by atoms with E-state index in [1.165, 1.54) is 11.6 Å². The lowest BCUT2D eigenvalue weighted by molar-refractivity contribution is 0.181. The van der Waals surface area contributed by atoms with Gasteiger partial charge in [0.15, 0.2) is 0 Å². The number of hydrogen-bond donors (Lipinski definition) is 2. The molecule has 0 aliphatic carbocycles. The number of nitrogens with one attached hydrogen (secondary N) is 2. The molecule has 0 bridgehead atoms. The number of H-pyrrole nitrogens is 1. The Morgan fingerprint density at radius 1 is 1.37 bits per heavy atom. The summed E-state index contributed by atoms with van der Waals surface area (Å²) in [7, 11) is 1.57. The van der Waals surface area contributed by atoms with Crippen molar-refractivity contribution >= 4 is 11.6 Å². The van der Waals surface area contributed by atoms with Crippen LogP contribution in [-0.2, 0) is 17.8 Å². The molecular weight excluding hydrogens is 242 g/mol. The average Bonchev–Trinajstić information content (AvgIpc) is 2.39. The van der Waals surface area contributed by atoms with Crippen LogP contribution in [-0.4, -0.2) is 17.1 Å². The van der Waals surface area contributed by atoms with Gasteiger partial charge in [-0.05, 0) is 18.1 Å². The number of hydrogen-bond acceptors (Lipinski definition) is 4. The second-order valence-electron chi connectivity index (χ2n) is 4.15. The summed E-state index contributed by atoms with van der Waals surface area (Å²) >= 11 is 0. The van der Waals surface area contributed by atoms with Gasteiger partial charge in [-0.1, -0.05) is 25.1 Å². The number of benzene rings is 1. The molecule has 1 aromatic heterocycles. The van der Waals surface area contributed by atoms with Crippen LogP contribution in [0.1, 0.15) is 18.2 Å². The number of methoxy groups -OCH3 is 1. The van der Waals surface area contributed by atoms with Crippen LogP contribution in [0.15, 0.2) is 35.1 Å². The van der Waals surface area contributed by atoms with Crippen LogP contribution in [0.2, 0.25) is 0 Å². The van der Waals surface area contributed by atoms with Crippen molar-refractivity contribution in [3.05, 3.63) is 51.9 Å². The molecule has 2 rings (SSSR count). The number of anilines is 2. The lowest BCUT2D eigenvalue weighted by Crippen LogP contribution is -2.13. The molecule has 0 fully saturated rings. The summed E-state index contributed by atoms with van der Waals surface area (Å²) in [5, 5.41) is 3.14. The molecule has 1 aromatic carbocycles. The molecule has 100 valence electrons. The number of aromatic amines is 1.